The highest BCUT2D eigenvalue weighted by Gasteiger charge is 2.36. The monoisotopic (exact) mass is 422 g/mol. The van der Waals surface area contributed by atoms with Gasteiger partial charge in [-0.3, -0.25) is 14.5 Å². The van der Waals surface area contributed by atoms with E-state index >= 15 is 0 Å². The minimum Gasteiger partial charge on any atom is -0.467 e. The van der Waals surface area contributed by atoms with Crippen LogP contribution in [0.5, 0.6) is 0 Å². The molecular weight excluding hydrogens is 396 g/mol. The van der Waals surface area contributed by atoms with Crippen molar-refractivity contribution in [3.63, 3.8) is 0 Å². The van der Waals surface area contributed by atoms with Crippen LogP contribution in [-0.2, 0) is 9.59 Å². The Bertz CT molecular complexity index is 1070. The van der Waals surface area contributed by atoms with Gasteiger partial charge in [0.2, 0.25) is 5.91 Å². The maximum absolute atomic E-state index is 13.1. The lowest BCUT2D eigenvalue weighted by atomic mass is 10.1. The van der Waals surface area contributed by atoms with Gasteiger partial charge in [-0.2, -0.15) is 5.10 Å². The number of nitrogens with one attached hydrogen (secondary N) is 1. The zero-order valence-corrected chi connectivity index (χ0v) is 17.9. The summed E-state index contributed by atoms with van der Waals surface area (Å²) in [5.41, 5.74) is 1.46. The first-order chi connectivity index (χ1) is 14.9. The van der Waals surface area contributed by atoms with Crippen molar-refractivity contribution in [1.29, 1.82) is 0 Å². The quantitative estimate of drug-likeness (QED) is 0.632. The first-order valence-corrected chi connectivity index (χ1v) is 10.3. The molecule has 0 saturated heterocycles. The molecule has 3 aromatic rings. The Morgan fingerprint density at radius 1 is 1.23 bits per heavy atom. The van der Waals surface area contributed by atoms with E-state index in [1.165, 1.54) is 5.01 Å². The Kier molecular flexibility index (Phi) is 5.90. The highest BCUT2D eigenvalue weighted by molar-refractivity contribution is 6.03. The molecule has 1 aliphatic rings. The molecule has 0 bridgehead atoms. The number of nitrogens with zero attached hydrogens (tertiary/aromatic N) is 3. The number of likely N-dealkylation sites (N-methyl/N-ethyl adjacent to an activating group) is 1. The normalized spacial score (nSPS) is 16.4. The van der Waals surface area contributed by atoms with Gasteiger partial charge in [-0.15, -0.1) is 0 Å². The lowest BCUT2D eigenvalue weighted by Crippen LogP contribution is -2.42. The molecule has 8 heteroatoms. The van der Waals surface area contributed by atoms with E-state index in [4.69, 9.17) is 8.83 Å². The topological polar surface area (TPSA) is 91.3 Å². The van der Waals surface area contributed by atoms with Crippen molar-refractivity contribution in [3.05, 3.63) is 60.2 Å². The van der Waals surface area contributed by atoms with Crippen molar-refractivity contribution in [2.75, 3.05) is 20.1 Å². The molecule has 1 N–H and O–H groups in total. The second kappa shape index (κ2) is 8.77. The van der Waals surface area contributed by atoms with E-state index in [-0.39, 0.29) is 37.0 Å². The number of hydrogen-bond acceptors (Lipinski definition) is 6. The Labute approximate surface area is 180 Å². The average Bonchev–Trinajstić information content (AvgIpc) is 3.44. The van der Waals surface area contributed by atoms with Gasteiger partial charge in [0.25, 0.3) is 5.91 Å². The summed E-state index contributed by atoms with van der Waals surface area (Å²) in [6.07, 6.45) is 2.07. The van der Waals surface area contributed by atoms with E-state index in [2.05, 4.69) is 10.4 Å². The van der Waals surface area contributed by atoms with Crippen molar-refractivity contribution >= 4 is 28.5 Å². The molecule has 31 heavy (non-hydrogen) atoms. The molecule has 0 saturated carbocycles. The zero-order chi connectivity index (χ0) is 22.0. The Morgan fingerprint density at radius 3 is 2.74 bits per heavy atom. The van der Waals surface area contributed by atoms with Crippen LogP contribution >= 0.6 is 0 Å². The highest BCUT2D eigenvalue weighted by Crippen LogP contribution is 2.34. The molecule has 2 aromatic heterocycles. The number of para-hydroxylation sites is 1. The highest BCUT2D eigenvalue weighted by atomic mass is 16.3. The van der Waals surface area contributed by atoms with E-state index in [0.717, 1.165) is 11.0 Å². The second-order valence-corrected chi connectivity index (χ2v) is 8.06. The number of fused-ring (bicyclic) bond motifs is 1. The van der Waals surface area contributed by atoms with Gasteiger partial charge in [-0.1, -0.05) is 18.2 Å². The van der Waals surface area contributed by atoms with Crippen LogP contribution in [0.4, 0.5) is 0 Å². The van der Waals surface area contributed by atoms with Gasteiger partial charge in [0, 0.05) is 17.8 Å². The smallest absolute Gasteiger partial charge is 0.257 e. The third kappa shape index (κ3) is 4.69. The van der Waals surface area contributed by atoms with Crippen LogP contribution in [0, 0.1) is 0 Å². The summed E-state index contributed by atoms with van der Waals surface area (Å²) in [4.78, 5) is 26.8. The molecule has 8 nitrogen and oxygen atoms in total. The Balaban J connectivity index is 1.53. The summed E-state index contributed by atoms with van der Waals surface area (Å²) < 4.78 is 11.5. The van der Waals surface area contributed by atoms with Crippen LogP contribution in [0.3, 0.4) is 0 Å². The van der Waals surface area contributed by atoms with Gasteiger partial charge in [0.1, 0.15) is 23.1 Å². The van der Waals surface area contributed by atoms with Gasteiger partial charge in [-0.05, 0) is 45.2 Å². The van der Waals surface area contributed by atoms with Crippen molar-refractivity contribution in [2.24, 2.45) is 5.10 Å². The van der Waals surface area contributed by atoms with Crippen LogP contribution in [-0.4, -0.2) is 53.6 Å². The Hall–Kier alpha value is -3.39. The largest absolute Gasteiger partial charge is 0.467 e. The zero-order valence-electron chi connectivity index (χ0n) is 17.9. The van der Waals surface area contributed by atoms with Crippen LogP contribution in [0.1, 0.15) is 37.8 Å². The molecule has 1 aromatic carbocycles. The summed E-state index contributed by atoms with van der Waals surface area (Å²) in [6, 6.07) is 13.0. The average molecular weight is 422 g/mol. The van der Waals surface area contributed by atoms with E-state index in [1.54, 1.807) is 24.3 Å². The molecule has 162 valence electrons. The van der Waals surface area contributed by atoms with Crippen molar-refractivity contribution in [2.45, 2.75) is 32.4 Å². The number of benzene rings is 1. The standard InChI is InChI=1S/C23H26N4O4/c1-15(2)24-22(28)13-26(3)14-23(29)27-18(20-9-6-10-30-20)12-17(25-27)21-11-16-7-4-5-8-19(16)31-21/h4-11,15,18H,12-14H2,1-3H3,(H,24,28)/t18-/m0/s1. The predicted octanol–water partition coefficient (Wildman–Crippen LogP) is 3.16. The van der Waals surface area contributed by atoms with E-state index in [1.807, 2.05) is 50.2 Å². The number of carbonyl (C=O) groups excluding carboxylic acids is 2. The van der Waals surface area contributed by atoms with Gasteiger partial charge < -0.3 is 14.2 Å². The number of hydrazone groups is 1. The summed E-state index contributed by atoms with van der Waals surface area (Å²) in [5, 5.41) is 9.84. The summed E-state index contributed by atoms with van der Waals surface area (Å²) >= 11 is 0. The molecule has 3 heterocycles. The third-order valence-electron chi connectivity index (χ3n) is 5.02. The fourth-order valence-electron chi connectivity index (χ4n) is 3.69. The molecular formula is C23H26N4O4. The fourth-order valence-corrected chi connectivity index (χ4v) is 3.69. The Morgan fingerprint density at radius 2 is 2.03 bits per heavy atom. The van der Waals surface area contributed by atoms with Crippen molar-refractivity contribution < 1.29 is 18.4 Å². The number of furan rings is 2. The minimum atomic E-state index is -0.358. The van der Waals surface area contributed by atoms with Gasteiger partial charge in [-0.25, -0.2) is 5.01 Å². The molecule has 0 unspecified atom stereocenters. The molecule has 2 amide bonds. The fraction of sp³-hybridized carbons (Fsp3) is 0.348. The molecule has 0 radical (unpaired) electrons. The number of rotatable bonds is 7. The lowest BCUT2D eigenvalue weighted by Gasteiger charge is -2.23. The molecule has 4 rings (SSSR count). The summed E-state index contributed by atoms with van der Waals surface area (Å²) in [5.74, 6) is 0.953. The van der Waals surface area contributed by atoms with E-state index in [0.29, 0.717) is 23.7 Å². The number of amides is 2. The first kappa shape index (κ1) is 20.9. The van der Waals surface area contributed by atoms with E-state index < -0.39 is 0 Å². The minimum absolute atomic E-state index is 0.0504. The summed E-state index contributed by atoms with van der Waals surface area (Å²) in [7, 11) is 1.74. The van der Waals surface area contributed by atoms with E-state index in [9.17, 15) is 9.59 Å². The number of carbonyl (C=O) groups is 2. The molecule has 1 atom stereocenters. The van der Waals surface area contributed by atoms with Crippen LogP contribution in [0.15, 0.2) is 62.7 Å². The maximum Gasteiger partial charge on any atom is 0.257 e. The van der Waals surface area contributed by atoms with Crippen molar-refractivity contribution in [1.82, 2.24) is 15.2 Å². The molecule has 0 fully saturated rings. The summed E-state index contributed by atoms with van der Waals surface area (Å²) in [6.45, 7) is 3.98. The first-order valence-electron chi connectivity index (χ1n) is 10.3. The maximum atomic E-state index is 13.1. The lowest BCUT2D eigenvalue weighted by molar-refractivity contribution is -0.134. The van der Waals surface area contributed by atoms with Crippen LogP contribution in [0.2, 0.25) is 0 Å². The van der Waals surface area contributed by atoms with Crippen LogP contribution < -0.4 is 5.32 Å². The molecule has 1 aliphatic heterocycles. The van der Waals surface area contributed by atoms with Crippen molar-refractivity contribution in [3.8, 4) is 0 Å². The van der Waals surface area contributed by atoms with Gasteiger partial charge >= 0.3 is 0 Å². The number of hydrogen-bond donors (Lipinski definition) is 1. The molecule has 0 spiro atoms. The SMILES string of the molecule is CC(C)NC(=O)CN(C)CC(=O)N1N=C(c2cc3ccccc3o2)C[C@H]1c1ccco1. The second-order valence-electron chi connectivity index (χ2n) is 8.06. The molecule has 0 aliphatic carbocycles. The van der Waals surface area contributed by atoms with Gasteiger partial charge in [0.15, 0.2) is 5.76 Å². The van der Waals surface area contributed by atoms with Crippen LogP contribution in [0.25, 0.3) is 11.0 Å². The van der Waals surface area contributed by atoms with Gasteiger partial charge in [0.05, 0.1) is 19.4 Å². The third-order valence-corrected chi connectivity index (χ3v) is 5.02. The predicted molar refractivity (Wildman–Crippen MR) is 116 cm³/mol.